The third-order valence-corrected chi connectivity index (χ3v) is 3.63. The van der Waals surface area contributed by atoms with Crippen LogP contribution in [0.4, 0.5) is 5.69 Å². The summed E-state index contributed by atoms with van der Waals surface area (Å²) in [6.45, 7) is 1.71. The lowest BCUT2D eigenvalue weighted by Crippen LogP contribution is -2.07. The van der Waals surface area contributed by atoms with Crippen LogP contribution >= 0.6 is 0 Å². The van der Waals surface area contributed by atoms with Crippen molar-refractivity contribution in [3.8, 4) is 5.75 Å². The van der Waals surface area contributed by atoms with Gasteiger partial charge in [0.1, 0.15) is 17.2 Å². The quantitative estimate of drug-likeness (QED) is 0.872. The highest BCUT2D eigenvalue weighted by Crippen LogP contribution is 2.33. The van der Waals surface area contributed by atoms with Gasteiger partial charge in [-0.05, 0) is 19.1 Å². The van der Waals surface area contributed by atoms with Crippen molar-refractivity contribution in [2.45, 2.75) is 6.92 Å². The van der Waals surface area contributed by atoms with E-state index in [1.54, 1.807) is 50.4 Å². The summed E-state index contributed by atoms with van der Waals surface area (Å²) in [4.78, 5) is 16.9. The van der Waals surface area contributed by atoms with E-state index in [4.69, 9.17) is 4.74 Å². The number of aliphatic imine (C=N–C) groups is 1. The van der Waals surface area contributed by atoms with Gasteiger partial charge in [-0.2, -0.15) is 0 Å². The van der Waals surface area contributed by atoms with Crippen molar-refractivity contribution >= 4 is 22.9 Å². The number of hydrogen-bond donors (Lipinski definition) is 1. The van der Waals surface area contributed by atoms with E-state index in [2.05, 4.69) is 4.99 Å². The molecule has 0 aliphatic heterocycles. The number of para-hydroxylation sites is 2. The van der Waals surface area contributed by atoms with E-state index >= 15 is 0 Å². The topological polar surface area (TPSA) is 58.9 Å². The zero-order valence-corrected chi connectivity index (χ0v) is 12.3. The zero-order valence-electron chi connectivity index (χ0n) is 12.3. The van der Waals surface area contributed by atoms with E-state index in [0.29, 0.717) is 28.3 Å². The highest BCUT2D eigenvalue weighted by Gasteiger charge is 2.30. The minimum absolute atomic E-state index is 0.0169. The Morgan fingerprint density at radius 3 is 2.36 bits per heavy atom. The SMILES string of the molecule is COc1ccccc1N=C(C)C1=C(O)c2ccccc2C1=O. The van der Waals surface area contributed by atoms with Gasteiger partial charge in [0, 0.05) is 11.1 Å². The number of rotatable bonds is 3. The van der Waals surface area contributed by atoms with E-state index in [9.17, 15) is 9.90 Å². The minimum Gasteiger partial charge on any atom is -0.506 e. The van der Waals surface area contributed by atoms with Crippen molar-refractivity contribution in [3.63, 3.8) is 0 Å². The molecule has 0 bridgehead atoms. The lowest BCUT2D eigenvalue weighted by molar-refractivity contribution is 0.104. The Hall–Kier alpha value is -2.88. The van der Waals surface area contributed by atoms with Gasteiger partial charge < -0.3 is 9.84 Å². The highest BCUT2D eigenvalue weighted by atomic mass is 16.5. The normalized spacial score (nSPS) is 14.3. The van der Waals surface area contributed by atoms with Crippen LogP contribution in [0.15, 0.2) is 59.1 Å². The number of aliphatic hydroxyl groups is 1. The van der Waals surface area contributed by atoms with Gasteiger partial charge in [-0.1, -0.05) is 36.4 Å². The molecule has 0 aromatic heterocycles. The van der Waals surface area contributed by atoms with Gasteiger partial charge in [0.05, 0.1) is 18.4 Å². The second-order valence-electron chi connectivity index (χ2n) is 4.97. The average Bonchev–Trinajstić information content (AvgIpc) is 2.80. The van der Waals surface area contributed by atoms with E-state index in [1.807, 2.05) is 12.1 Å². The molecule has 1 aliphatic carbocycles. The van der Waals surface area contributed by atoms with Crippen LogP contribution in [-0.2, 0) is 0 Å². The molecule has 1 N–H and O–H groups in total. The van der Waals surface area contributed by atoms with Gasteiger partial charge >= 0.3 is 0 Å². The van der Waals surface area contributed by atoms with Crippen molar-refractivity contribution in [2.75, 3.05) is 7.11 Å². The Labute approximate surface area is 128 Å². The Balaban J connectivity index is 2.07. The Kier molecular flexibility index (Phi) is 3.51. The maximum absolute atomic E-state index is 12.5. The largest absolute Gasteiger partial charge is 0.506 e. The molecule has 22 heavy (non-hydrogen) atoms. The molecule has 4 nitrogen and oxygen atoms in total. The summed E-state index contributed by atoms with van der Waals surface area (Å²) >= 11 is 0. The second-order valence-corrected chi connectivity index (χ2v) is 4.97. The summed E-state index contributed by atoms with van der Waals surface area (Å²) < 4.78 is 5.25. The minimum atomic E-state index is -0.204. The smallest absolute Gasteiger partial charge is 0.199 e. The first-order chi connectivity index (χ1) is 10.6. The number of Topliss-reactive ketones (excluding diaryl/α,β-unsaturated/α-hetero) is 1. The van der Waals surface area contributed by atoms with Crippen LogP contribution < -0.4 is 4.74 Å². The first kappa shape index (κ1) is 14.1. The molecule has 0 amide bonds. The Morgan fingerprint density at radius 1 is 1.05 bits per heavy atom. The third kappa shape index (κ3) is 2.19. The van der Waals surface area contributed by atoms with Crippen molar-refractivity contribution in [1.82, 2.24) is 0 Å². The van der Waals surface area contributed by atoms with Crippen LogP contribution in [-0.4, -0.2) is 23.7 Å². The molecule has 0 heterocycles. The Morgan fingerprint density at radius 2 is 1.68 bits per heavy atom. The molecule has 2 aromatic rings. The number of fused-ring (bicyclic) bond motifs is 1. The molecule has 0 unspecified atom stereocenters. The predicted molar refractivity (Wildman–Crippen MR) is 86.1 cm³/mol. The maximum Gasteiger partial charge on any atom is 0.199 e. The van der Waals surface area contributed by atoms with Crippen LogP contribution in [0.5, 0.6) is 5.75 Å². The van der Waals surface area contributed by atoms with E-state index in [1.165, 1.54) is 0 Å². The molecule has 0 radical (unpaired) electrons. The summed E-state index contributed by atoms with van der Waals surface area (Å²) in [6.07, 6.45) is 0. The van der Waals surface area contributed by atoms with Gasteiger partial charge in [-0.3, -0.25) is 4.79 Å². The molecular formula is C18H15NO3. The number of ether oxygens (including phenoxy) is 1. The van der Waals surface area contributed by atoms with Crippen LogP contribution in [0.1, 0.15) is 22.8 Å². The molecule has 0 saturated heterocycles. The number of carbonyl (C=O) groups excluding carboxylic acids is 1. The highest BCUT2D eigenvalue weighted by molar-refractivity contribution is 6.35. The third-order valence-electron chi connectivity index (χ3n) is 3.63. The molecule has 0 spiro atoms. The Bertz CT molecular complexity index is 819. The summed E-state index contributed by atoms with van der Waals surface area (Å²) in [6, 6.07) is 14.3. The number of ketones is 1. The molecule has 3 rings (SSSR count). The monoisotopic (exact) mass is 293 g/mol. The standard InChI is InChI=1S/C18H15NO3/c1-11(19-14-9-5-6-10-15(14)22-2)16-17(20)12-7-3-4-8-13(12)18(16)21/h3-10,20H,1-2H3. The fourth-order valence-corrected chi connectivity index (χ4v) is 2.56. The second kappa shape index (κ2) is 5.48. The number of allylic oxidation sites excluding steroid dienone is 1. The molecule has 0 saturated carbocycles. The maximum atomic E-state index is 12.5. The van der Waals surface area contributed by atoms with Gasteiger partial charge in [0.15, 0.2) is 5.78 Å². The fraction of sp³-hybridized carbons (Fsp3) is 0.111. The van der Waals surface area contributed by atoms with Crippen molar-refractivity contribution < 1.29 is 14.6 Å². The van der Waals surface area contributed by atoms with Gasteiger partial charge in [0.25, 0.3) is 0 Å². The zero-order chi connectivity index (χ0) is 15.7. The molecule has 1 aliphatic rings. The lowest BCUT2D eigenvalue weighted by atomic mass is 10.1. The van der Waals surface area contributed by atoms with Gasteiger partial charge in [-0.25, -0.2) is 4.99 Å². The number of nitrogens with zero attached hydrogens (tertiary/aromatic N) is 1. The van der Waals surface area contributed by atoms with Crippen LogP contribution in [0, 0.1) is 0 Å². The predicted octanol–water partition coefficient (Wildman–Crippen LogP) is 3.95. The number of methoxy groups -OCH3 is 1. The summed E-state index contributed by atoms with van der Waals surface area (Å²) in [5.41, 5.74) is 2.38. The van der Waals surface area contributed by atoms with E-state index in [-0.39, 0.29) is 17.1 Å². The van der Waals surface area contributed by atoms with Crippen molar-refractivity contribution in [3.05, 3.63) is 65.2 Å². The number of hydrogen-bond acceptors (Lipinski definition) is 4. The summed E-state index contributed by atoms with van der Waals surface area (Å²) in [5.74, 6) is 0.394. The van der Waals surface area contributed by atoms with Crippen LogP contribution in [0.3, 0.4) is 0 Å². The molecule has 2 aromatic carbocycles. The van der Waals surface area contributed by atoms with Crippen molar-refractivity contribution in [2.24, 2.45) is 4.99 Å². The molecule has 110 valence electrons. The van der Waals surface area contributed by atoms with Crippen molar-refractivity contribution in [1.29, 1.82) is 0 Å². The first-order valence-electron chi connectivity index (χ1n) is 6.89. The molecule has 4 heteroatoms. The molecule has 0 fully saturated rings. The fourth-order valence-electron chi connectivity index (χ4n) is 2.56. The lowest BCUT2D eigenvalue weighted by Gasteiger charge is -2.06. The summed E-state index contributed by atoms with van der Waals surface area (Å²) in [7, 11) is 1.57. The van der Waals surface area contributed by atoms with E-state index in [0.717, 1.165) is 0 Å². The van der Waals surface area contributed by atoms with E-state index < -0.39 is 0 Å². The number of aliphatic hydroxyl groups excluding tert-OH is 1. The molecule has 0 atom stereocenters. The van der Waals surface area contributed by atoms with Crippen LogP contribution in [0.25, 0.3) is 5.76 Å². The number of carbonyl (C=O) groups is 1. The summed E-state index contributed by atoms with van der Waals surface area (Å²) in [5, 5.41) is 10.3. The van der Waals surface area contributed by atoms with Gasteiger partial charge in [-0.15, -0.1) is 0 Å². The van der Waals surface area contributed by atoms with Crippen LogP contribution in [0.2, 0.25) is 0 Å². The number of benzene rings is 2. The molecular weight excluding hydrogens is 278 g/mol. The van der Waals surface area contributed by atoms with Gasteiger partial charge in [0.2, 0.25) is 0 Å². The first-order valence-corrected chi connectivity index (χ1v) is 6.89. The average molecular weight is 293 g/mol.